The molecule has 3 aromatic rings. The number of nitrogens with zero attached hydrogens (tertiary/aromatic N) is 4. The fraction of sp³-hybridized carbons (Fsp3) is 0.476. The number of aromatic nitrogens is 4. The van der Waals surface area contributed by atoms with Gasteiger partial charge >= 0.3 is 0 Å². The number of anilines is 3. The number of imidazole rings is 1. The lowest BCUT2D eigenvalue weighted by atomic mass is 9.93. The summed E-state index contributed by atoms with van der Waals surface area (Å²) in [5.74, 6) is -3.62. The molecule has 3 N–H and O–H groups in total. The van der Waals surface area contributed by atoms with Crippen molar-refractivity contribution in [3.8, 4) is 0 Å². The van der Waals surface area contributed by atoms with Crippen molar-refractivity contribution in [1.29, 1.82) is 0 Å². The molecule has 2 aromatic heterocycles. The first kappa shape index (κ1) is 17.6. The van der Waals surface area contributed by atoms with Crippen LogP contribution >= 0.6 is 0 Å². The van der Waals surface area contributed by atoms with Gasteiger partial charge in [0.05, 0.1) is 29.0 Å². The van der Waals surface area contributed by atoms with E-state index in [2.05, 4.69) is 25.6 Å². The molecule has 2 aliphatic rings. The van der Waals surface area contributed by atoms with E-state index >= 15 is 0 Å². The normalized spacial score (nSPS) is 28.8. The van der Waals surface area contributed by atoms with E-state index < -0.39 is 35.7 Å². The van der Waals surface area contributed by atoms with Crippen molar-refractivity contribution in [3.05, 3.63) is 35.8 Å². The van der Waals surface area contributed by atoms with Crippen molar-refractivity contribution in [3.63, 3.8) is 0 Å². The number of nitrogens with one attached hydrogen (secondary N) is 2. The van der Waals surface area contributed by atoms with Crippen LogP contribution in [0.3, 0.4) is 0 Å². The summed E-state index contributed by atoms with van der Waals surface area (Å²) in [5.41, 5.74) is -0.513. The Bertz CT molecular complexity index is 1250. The molecule has 1 atom stereocenters. The summed E-state index contributed by atoms with van der Waals surface area (Å²) >= 11 is 0. The molecule has 1 saturated heterocycles. The number of aliphatic hydroxyl groups excluding tert-OH is 1. The topological polar surface area (TPSA) is 97.1 Å². The fourth-order valence-electron chi connectivity index (χ4n) is 3.95. The minimum Gasteiger partial charge on any atom is -0.393 e. The van der Waals surface area contributed by atoms with Crippen LogP contribution in [0.5, 0.6) is 0 Å². The molecular formula is C21H23F3N6O2. The van der Waals surface area contributed by atoms with Crippen LogP contribution in [-0.2, 0) is 4.74 Å². The number of rotatable bonds is 5. The van der Waals surface area contributed by atoms with E-state index in [1.54, 1.807) is 0 Å². The van der Waals surface area contributed by atoms with Crippen molar-refractivity contribution < 1.29 is 27.1 Å². The molecule has 1 saturated carbocycles. The highest BCUT2D eigenvalue weighted by atomic mass is 19.1. The first-order chi connectivity index (χ1) is 16.6. The monoisotopic (exact) mass is 451 g/mol. The second-order valence-corrected chi connectivity index (χ2v) is 7.84. The third-order valence-corrected chi connectivity index (χ3v) is 5.57. The molecule has 1 aliphatic heterocycles. The Morgan fingerprint density at radius 1 is 1.12 bits per heavy atom. The molecule has 5 rings (SSSR count). The lowest BCUT2D eigenvalue weighted by molar-refractivity contribution is 0.126. The molecule has 8 nitrogen and oxygen atoms in total. The van der Waals surface area contributed by atoms with E-state index in [4.69, 9.17) is 8.85 Å². The van der Waals surface area contributed by atoms with Crippen LogP contribution in [0.4, 0.5) is 30.8 Å². The summed E-state index contributed by atoms with van der Waals surface area (Å²) < 4.78 is 73.9. The fourth-order valence-corrected chi connectivity index (χ4v) is 3.95. The van der Waals surface area contributed by atoms with Gasteiger partial charge in [-0.15, -0.1) is 0 Å². The van der Waals surface area contributed by atoms with Gasteiger partial charge in [-0.1, -0.05) is 0 Å². The van der Waals surface area contributed by atoms with Crippen LogP contribution in [0.25, 0.3) is 11.2 Å². The van der Waals surface area contributed by atoms with Gasteiger partial charge in [-0.2, -0.15) is 4.98 Å². The highest BCUT2D eigenvalue weighted by Crippen LogP contribution is 2.32. The Kier molecular flexibility index (Phi) is 4.71. The summed E-state index contributed by atoms with van der Waals surface area (Å²) in [6.07, 6.45) is 3.60. The molecule has 1 unspecified atom stereocenters. The molecule has 0 amide bonds. The first-order valence-corrected chi connectivity index (χ1v) is 10.3. The number of benzene rings is 1. The second kappa shape index (κ2) is 8.55. The van der Waals surface area contributed by atoms with Crippen LogP contribution in [0, 0.1) is 17.5 Å². The zero-order valence-corrected chi connectivity index (χ0v) is 16.9. The minimum absolute atomic E-state index is 0.0124. The highest BCUT2D eigenvalue weighted by molar-refractivity contribution is 5.76. The molecule has 0 spiro atoms. The zero-order chi connectivity index (χ0) is 25.0. The van der Waals surface area contributed by atoms with Crippen molar-refractivity contribution >= 4 is 28.7 Å². The summed E-state index contributed by atoms with van der Waals surface area (Å²) in [5, 5.41) is 15.4. The standard InChI is InChI=1S/C21H23F3N6O2/c22-11-7-15(23)18(16(24)8-11)28-21-27-17-9-25-20(26-12-1-3-14(31)4-2-12)29-19(17)30(21)13-5-6-32-10-13/h7-9,12-14,31H,1-6,10H2,(H,27,28)(H,25,26,29)/i10D2,13D. The first-order valence-electron chi connectivity index (χ1n) is 11.8. The molecule has 2 fully saturated rings. The van der Waals surface area contributed by atoms with E-state index in [0.717, 1.165) is 4.57 Å². The lowest BCUT2D eigenvalue weighted by Crippen LogP contribution is -2.29. The predicted octanol–water partition coefficient (Wildman–Crippen LogP) is 3.66. The third-order valence-electron chi connectivity index (χ3n) is 5.57. The van der Waals surface area contributed by atoms with E-state index in [0.29, 0.717) is 37.8 Å². The number of aliphatic hydroxyl groups is 1. The predicted molar refractivity (Wildman–Crippen MR) is 111 cm³/mol. The maximum Gasteiger partial charge on any atom is 0.224 e. The zero-order valence-electron chi connectivity index (χ0n) is 19.9. The Morgan fingerprint density at radius 2 is 1.88 bits per heavy atom. The van der Waals surface area contributed by atoms with E-state index in [-0.39, 0.29) is 48.2 Å². The van der Waals surface area contributed by atoms with Crippen LogP contribution in [0.15, 0.2) is 18.3 Å². The maximum absolute atomic E-state index is 14.4. The molecule has 3 heterocycles. The third kappa shape index (κ3) is 4.09. The van der Waals surface area contributed by atoms with Crippen LogP contribution < -0.4 is 10.6 Å². The van der Waals surface area contributed by atoms with Crippen LogP contribution in [0.1, 0.15) is 42.2 Å². The Morgan fingerprint density at radius 3 is 2.56 bits per heavy atom. The molecule has 11 heteroatoms. The molecular weight excluding hydrogens is 425 g/mol. The van der Waals surface area contributed by atoms with Gasteiger partial charge in [-0.05, 0) is 32.1 Å². The van der Waals surface area contributed by atoms with E-state index in [1.165, 1.54) is 6.20 Å². The van der Waals surface area contributed by atoms with Crippen molar-refractivity contribution in [2.45, 2.75) is 50.3 Å². The lowest BCUT2D eigenvalue weighted by Gasteiger charge is -2.26. The molecule has 1 aromatic carbocycles. The van der Waals surface area contributed by atoms with Gasteiger partial charge in [0.2, 0.25) is 11.9 Å². The van der Waals surface area contributed by atoms with Gasteiger partial charge < -0.3 is 20.5 Å². The van der Waals surface area contributed by atoms with Crippen LogP contribution in [-0.4, -0.2) is 49.9 Å². The molecule has 170 valence electrons. The van der Waals surface area contributed by atoms with Gasteiger partial charge in [0.15, 0.2) is 17.3 Å². The number of ether oxygens (including phenoxy) is 1. The summed E-state index contributed by atoms with van der Waals surface area (Å²) in [6.45, 7) is -2.55. The van der Waals surface area contributed by atoms with Crippen molar-refractivity contribution in [2.75, 3.05) is 23.8 Å². The second-order valence-electron chi connectivity index (χ2n) is 7.84. The summed E-state index contributed by atoms with van der Waals surface area (Å²) in [6, 6.07) is -1.08. The Hall–Kier alpha value is -2.92. The maximum atomic E-state index is 14.4. The Balaban J connectivity index is 1.60. The Labute approximate surface area is 186 Å². The summed E-state index contributed by atoms with van der Waals surface area (Å²) in [7, 11) is 0. The van der Waals surface area contributed by atoms with Gasteiger partial charge in [-0.3, -0.25) is 4.57 Å². The molecule has 1 aliphatic carbocycles. The van der Waals surface area contributed by atoms with Crippen molar-refractivity contribution in [1.82, 2.24) is 19.5 Å². The van der Waals surface area contributed by atoms with E-state index in [1.807, 2.05) is 0 Å². The highest BCUT2D eigenvalue weighted by Gasteiger charge is 2.27. The van der Waals surface area contributed by atoms with Crippen LogP contribution in [0.2, 0.25) is 0 Å². The number of hydrogen-bond acceptors (Lipinski definition) is 7. The average molecular weight is 451 g/mol. The molecule has 0 bridgehead atoms. The van der Waals surface area contributed by atoms with Gasteiger partial charge in [0, 0.05) is 24.8 Å². The summed E-state index contributed by atoms with van der Waals surface area (Å²) in [4.78, 5) is 13.0. The quantitative estimate of drug-likeness (QED) is 0.545. The van der Waals surface area contributed by atoms with E-state index in [9.17, 15) is 18.3 Å². The number of halogens is 3. The largest absolute Gasteiger partial charge is 0.393 e. The van der Waals surface area contributed by atoms with Gasteiger partial charge in [0.1, 0.15) is 17.0 Å². The molecule has 0 radical (unpaired) electrons. The van der Waals surface area contributed by atoms with Crippen molar-refractivity contribution in [2.24, 2.45) is 0 Å². The average Bonchev–Trinajstić information content (AvgIpc) is 3.28. The SMILES string of the molecule is [2H]C1([2H])OCCC1([2H])n1c(Nc2c(F)cc(F)cc2F)nc2cnc(NC3CCC(O)CC3)nc21. The minimum atomic E-state index is -2.48. The van der Waals surface area contributed by atoms with Gasteiger partial charge in [-0.25, -0.2) is 23.1 Å². The smallest absolute Gasteiger partial charge is 0.224 e. The number of fused-ring (bicyclic) bond motifs is 1. The van der Waals surface area contributed by atoms with Gasteiger partial charge in [0.25, 0.3) is 0 Å². The molecule has 32 heavy (non-hydrogen) atoms. The number of hydrogen-bond donors (Lipinski definition) is 3.